The van der Waals surface area contributed by atoms with E-state index in [0.717, 1.165) is 33.4 Å². The summed E-state index contributed by atoms with van der Waals surface area (Å²) in [5.74, 6) is 13.4. The van der Waals surface area contributed by atoms with Gasteiger partial charge in [-0.3, -0.25) is 0 Å². The normalized spacial score (nSPS) is 21.9. The summed E-state index contributed by atoms with van der Waals surface area (Å²) in [6, 6.07) is 36.1. The molecule has 3 aliphatic rings. The number of hydrogen-bond donors (Lipinski definition) is 0. The Morgan fingerprint density at radius 1 is 0.406 bits per heavy atom. The maximum atomic E-state index is 6.15. The van der Waals surface area contributed by atoms with Crippen LogP contribution in [0.2, 0.25) is 0 Å². The third-order valence-electron chi connectivity index (χ3n) is 5.98. The molecule has 0 saturated heterocycles. The van der Waals surface area contributed by atoms with Gasteiger partial charge in [-0.15, -0.1) is 0 Å². The molecule has 0 spiro atoms. The zero-order chi connectivity index (χ0) is 21.4. The van der Waals surface area contributed by atoms with Gasteiger partial charge in [-0.05, 0) is 36.1 Å². The topological polar surface area (TPSA) is 18.5 Å². The van der Waals surface area contributed by atoms with Gasteiger partial charge >= 0.3 is 0 Å². The van der Waals surface area contributed by atoms with Gasteiger partial charge in [0.05, 0.1) is 0 Å². The van der Waals surface area contributed by atoms with Crippen molar-refractivity contribution in [3.05, 3.63) is 143 Å². The van der Waals surface area contributed by atoms with Gasteiger partial charge in [-0.25, -0.2) is 9.78 Å². The van der Waals surface area contributed by atoms with Gasteiger partial charge in [0.1, 0.15) is 0 Å². The van der Waals surface area contributed by atoms with Crippen molar-refractivity contribution >= 4 is 0 Å². The predicted molar refractivity (Wildman–Crippen MR) is 123 cm³/mol. The fourth-order valence-electron chi connectivity index (χ4n) is 4.46. The minimum absolute atomic E-state index is 0.923. The van der Waals surface area contributed by atoms with E-state index in [9.17, 15) is 0 Å². The van der Waals surface area contributed by atoms with Crippen molar-refractivity contribution in [3.8, 4) is 23.7 Å². The molecule has 0 atom stereocenters. The molecule has 0 unspecified atom stereocenters. The van der Waals surface area contributed by atoms with Crippen LogP contribution in [0.15, 0.2) is 109 Å². The molecule has 2 aliphatic heterocycles. The third-order valence-corrected chi connectivity index (χ3v) is 5.98. The minimum atomic E-state index is -1.01. The second-order valence-corrected chi connectivity index (χ2v) is 7.85. The molecular formula is C30H18O2. The Balaban J connectivity index is 1.60. The molecule has 0 N–H and O–H groups in total. The van der Waals surface area contributed by atoms with Crippen LogP contribution in [0.4, 0.5) is 0 Å². The molecule has 0 amide bonds. The summed E-state index contributed by atoms with van der Waals surface area (Å²) >= 11 is 0. The van der Waals surface area contributed by atoms with Crippen molar-refractivity contribution in [2.45, 2.75) is 11.2 Å². The van der Waals surface area contributed by atoms with E-state index in [1.807, 2.05) is 84.9 Å². The molecule has 0 fully saturated rings. The molecule has 1 aliphatic carbocycles. The van der Waals surface area contributed by atoms with Crippen LogP contribution in [0.5, 0.6) is 0 Å². The van der Waals surface area contributed by atoms with Crippen LogP contribution in [0, 0.1) is 23.7 Å². The van der Waals surface area contributed by atoms with Crippen molar-refractivity contribution in [1.82, 2.24) is 0 Å². The summed E-state index contributed by atoms with van der Waals surface area (Å²) in [6.45, 7) is 0. The van der Waals surface area contributed by atoms with E-state index in [1.54, 1.807) is 0 Å². The van der Waals surface area contributed by atoms with Crippen molar-refractivity contribution in [3.63, 3.8) is 0 Å². The fourth-order valence-corrected chi connectivity index (χ4v) is 4.46. The Bertz CT molecular complexity index is 1270. The first-order valence-corrected chi connectivity index (χ1v) is 10.6. The standard InChI is InChI=1S/C30H18O2/c1-3-11-23(12-4-1)19-21-29-25-15-7-9-17-27(25)30(32-31-29,28-18-10-8-16-26(28)29)22-20-24-13-5-2-6-14-24/h1-18H. The zero-order valence-electron chi connectivity index (χ0n) is 17.2. The van der Waals surface area contributed by atoms with Gasteiger partial charge < -0.3 is 0 Å². The molecule has 2 nitrogen and oxygen atoms in total. The van der Waals surface area contributed by atoms with Gasteiger partial charge in [0.2, 0.25) is 11.2 Å². The van der Waals surface area contributed by atoms with Crippen LogP contribution in [-0.4, -0.2) is 0 Å². The van der Waals surface area contributed by atoms with Gasteiger partial charge in [0, 0.05) is 33.4 Å². The second kappa shape index (κ2) is 7.26. The lowest BCUT2D eigenvalue weighted by molar-refractivity contribution is -0.401. The molecule has 32 heavy (non-hydrogen) atoms. The summed E-state index contributed by atoms with van der Waals surface area (Å²) < 4.78 is 0. The second-order valence-electron chi connectivity index (χ2n) is 7.85. The molecule has 2 heterocycles. The Morgan fingerprint density at radius 3 is 1.06 bits per heavy atom. The summed E-state index contributed by atoms with van der Waals surface area (Å²) in [5, 5.41) is 0. The predicted octanol–water partition coefficient (Wildman–Crippen LogP) is 5.55. The van der Waals surface area contributed by atoms with E-state index in [2.05, 4.69) is 47.9 Å². The Morgan fingerprint density at radius 2 is 0.719 bits per heavy atom. The summed E-state index contributed by atoms with van der Waals surface area (Å²) in [5.41, 5.74) is 3.69. The number of hydrogen-bond acceptors (Lipinski definition) is 2. The monoisotopic (exact) mass is 410 g/mol. The highest BCUT2D eigenvalue weighted by molar-refractivity contribution is 5.66. The molecule has 4 aromatic rings. The number of rotatable bonds is 0. The van der Waals surface area contributed by atoms with E-state index < -0.39 is 11.2 Å². The summed E-state index contributed by atoms with van der Waals surface area (Å²) in [7, 11) is 0. The van der Waals surface area contributed by atoms with Crippen LogP contribution in [-0.2, 0) is 21.0 Å². The molecule has 0 saturated carbocycles. The Kier molecular flexibility index (Phi) is 4.23. The van der Waals surface area contributed by atoms with Crippen LogP contribution in [0.3, 0.4) is 0 Å². The van der Waals surface area contributed by atoms with E-state index in [1.165, 1.54) is 0 Å². The number of fused-ring (bicyclic) bond motifs is 1. The molecule has 0 radical (unpaired) electrons. The van der Waals surface area contributed by atoms with Gasteiger partial charge in [0.15, 0.2) is 0 Å². The van der Waals surface area contributed by atoms with E-state index in [0.29, 0.717) is 0 Å². The zero-order valence-corrected chi connectivity index (χ0v) is 17.2. The molecule has 150 valence electrons. The SMILES string of the molecule is C(#CC12OOC(C#Cc3ccccc3)(c3ccccc31)c1ccccc12)c1ccccc1. The average Bonchev–Trinajstić information content (AvgIpc) is 2.88. The lowest BCUT2D eigenvalue weighted by atomic mass is 9.67. The largest absolute Gasteiger partial charge is 0.215 e. The highest BCUT2D eigenvalue weighted by Crippen LogP contribution is 2.56. The Labute approximate surface area is 187 Å². The molecule has 0 aromatic heterocycles. The van der Waals surface area contributed by atoms with Gasteiger partial charge in [-0.1, -0.05) is 96.8 Å². The smallest absolute Gasteiger partial charge is 0.205 e. The quantitative estimate of drug-likeness (QED) is 0.279. The van der Waals surface area contributed by atoms with E-state index >= 15 is 0 Å². The van der Waals surface area contributed by atoms with Crippen LogP contribution < -0.4 is 0 Å². The Hall–Kier alpha value is -4.08. The molecule has 2 bridgehead atoms. The first kappa shape index (κ1) is 18.7. The van der Waals surface area contributed by atoms with Crippen molar-refractivity contribution in [2.24, 2.45) is 0 Å². The molecular weight excluding hydrogens is 392 g/mol. The first-order valence-electron chi connectivity index (χ1n) is 10.6. The lowest BCUT2D eigenvalue weighted by Gasteiger charge is -2.49. The third kappa shape index (κ3) is 2.72. The minimum Gasteiger partial charge on any atom is -0.205 e. The van der Waals surface area contributed by atoms with E-state index in [4.69, 9.17) is 9.78 Å². The first-order chi connectivity index (χ1) is 15.8. The van der Waals surface area contributed by atoms with Crippen LogP contribution in [0.25, 0.3) is 0 Å². The highest BCUT2D eigenvalue weighted by atomic mass is 17.2. The highest BCUT2D eigenvalue weighted by Gasteiger charge is 2.58. The van der Waals surface area contributed by atoms with Crippen molar-refractivity contribution in [2.75, 3.05) is 0 Å². The maximum Gasteiger partial charge on any atom is 0.215 e. The molecule has 4 aromatic carbocycles. The summed E-state index contributed by atoms with van der Waals surface area (Å²) in [4.78, 5) is 12.3. The molecule has 2 heteroatoms. The maximum absolute atomic E-state index is 6.15. The van der Waals surface area contributed by atoms with Gasteiger partial charge in [-0.2, -0.15) is 0 Å². The summed E-state index contributed by atoms with van der Waals surface area (Å²) in [6.07, 6.45) is 0. The van der Waals surface area contributed by atoms with Crippen molar-refractivity contribution < 1.29 is 9.78 Å². The lowest BCUT2D eigenvalue weighted by Crippen LogP contribution is -2.51. The van der Waals surface area contributed by atoms with E-state index in [-0.39, 0.29) is 0 Å². The number of benzene rings is 4. The van der Waals surface area contributed by atoms with Crippen LogP contribution >= 0.6 is 0 Å². The average molecular weight is 410 g/mol. The molecule has 7 rings (SSSR count). The van der Waals surface area contributed by atoms with Crippen LogP contribution in [0.1, 0.15) is 33.4 Å². The fraction of sp³-hybridized carbons (Fsp3) is 0.0667. The van der Waals surface area contributed by atoms with Crippen molar-refractivity contribution in [1.29, 1.82) is 0 Å². The van der Waals surface area contributed by atoms with Gasteiger partial charge in [0.25, 0.3) is 0 Å².